The molecule has 0 fully saturated rings. The molecule has 0 bridgehead atoms. The van der Waals surface area contributed by atoms with Crippen molar-refractivity contribution in [1.29, 1.82) is 0 Å². The van der Waals surface area contributed by atoms with Crippen molar-refractivity contribution < 1.29 is 0 Å². The van der Waals surface area contributed by atoms with E-state index in [0.29, 0.717) is 25.1 Å². The number of halogens is 5. The summed E-state index contributed by atoms with van der Waals surface area (Å²) in [5, 5.41) is 2.35. The van der Waals surface area contributed by atoms with Crippen LogP contribution in [0.3, 0.4) is 0 Å². The fourth-order valence-corrected chi connectivity index (χ4v) is 2.85. The number of rotatable bonds is 3. The van der Waals surface area contributed by atoms with E-state index in [2.05, 4.69) is 0 Å². The van der Waals surface area contributed by atoms with Gasteiger partial charge in [-0.05, 0) is 41.8 Å². The van der Waals surface area contributed by atoms with E-state index in [1.165, 1.54) is 0 Å². The van der Waals surface area contributed by atoms with Crippen molar-refractivity contribution in [3.8, 4) is 0 Å². The van der Waals surface area contributed by atoms with Crippen molar-refractivity contribution in [1.82, 2.24) is 0 Å². The van der Waals surface area contributed by atoms with Crippen LogP contribution in [0.1, 0.15) is 16.7 Å². The summed E-state index contributed by atoms with van der Waals surface area (Å²) in [5.41, 5.74) is 2.78. The van der Waals surface area contributed by atoms with E-state index in [0.717, 1.165) is 16.7 Å². The predicted molar refractivity (Wildman–Crippen MR) is 101 cm³/mol. The van der Waals surface area contributed by atoms with E-state index >= 15 is 0 Å². The second-order valence-corrected chi connectivity index (χ2v) is 6.63. The Balaban J connectivity index is 2.16. The van der Waals surface area contributed by atoms with Crippen molar-refractivity contribution in [2.45, 2.75) is 6.92 Å². The Morgan fingerprint density at radius 1 is 0.636 bits per heavy atom. The van der Waals surface area contributed by atoms with Gasteiger partial charge in [-0.25, -0.2) is 0 Å². The molecule has 0 N–H and O–H groups in total. The molecule has 0 aliphatic rings. The monoisotopic (exact) mass is 390 g/mol. The summed E-state index contributed by atoms with van der Waals surface area (Å²) in [7, 11) is 0. The van der Waals surface area contributed by atoms with Crippen molar-refractivity contribution in [2.75, 3.05) is 0 Å². The van der Waals surface area contributed by atoms with Gasteiger partial charge < -0.3 is 0 Å². The van der Waals surface area contributed by atoms with Crippen LogP contribution < -0.4 is 0 Å². The Morgan fingerprint density at radius 2 is 1.05 bits per heavy atom. The molecule has 0 spiro atoms. The number of hydrogen-bond donors (Lipinski definition) is 0. The first kappa shape index (κ1) is 17.7. The summed E-state index contributed by atoms with van der Waals surface area (Å²) in [6.45, 7) is 1.92. The number of benzene rings is 2. The fraction of sp³-hybridized carbons (Fsp3) is 0.0588. The van der Waals surface area contributed by atoms with E-state index in [1.807, 2.05) is 43.4 Å². The molecule has 0 saturated carbocycles. The molecule has 0 nitrogen and oxygen atoms in total. The second-order valence-electron chi connectivity index (χ2n) is 4.65. The maximum Gasteiger partial charge on any atom is 0.0778 e. The first-order valence-electron chi connectivity index (χ1n) is 6.33. The smallest absolute Gasteiger partial charge is 0.0778 e. The average Bonchev–Trinajstić information content (AvgIpc) is 2.46. The Labute approximate surface area is 154 Å². The van der Waals surface area contributed by atoms with Crippen LogP contribution >= 0.6 is 58.0 Å². The molecule has 0 atom stereocenters. The van der Waals surface area contributed by atoms with Gasteiger partial charge in [0, 0.05) is 0 Å². The zero-order valence-corrected chi connectivity index (χ0v) is 15.3. The molecule has 0 radical (unpaired) electrons. The molecule has 5 heteroatoms. The van der Waals surface area contributed by atoms with E-state index in [-0.39, 0.29) is 0 Å². The third kappa shape index (κ3) is 4.44. The van der Waals surface area contributed by atoms with Crippen molar-refractivity contribution in [3.63, 3.8) is 0 Å². The standard InChI is InChI=1S/C17H11Cl5/c1-10-6-11(7-13(18)16(10)21)4-2-3-5-12-8-14(19)17(22)15(20)9-12/h2-9H,1H3/b4-2+,5-3+. The van der Waals surface area contributed by atoms with Gasteiger partial charge in [0.25, 0.3) is 0 Å². The summed E-state index contributed by atoms with van der Waals surface area (Å²) in [6.07, 6.45) is 7.60. The van der Waals surface area contributed by atoms with Gasteiger partial charge in [0.1, 0.15) is 0 Å². The highest BCUT2D eigenvalue weighted by Crippen LogP contribution is 2.31. The minimum Gasteiger partial charge on any atom is -0.0827 e. The molecular formula is C17H11Cl5. The SMILES string of the molecule is Cc1cc(/C=C/C=C/c2cc(Cl)c(Cl)c(Cl)c2)cc(Cl)c1Cl. The molecule has 0 saturated heterocycles. The summed E-state index contributed by atoms with van der Waals surface area (Å²) in [4.78, 5) is 0. The van der Waals surface area contributed by atoms with Gasteiger partial charge in [-0.2, -0.15) is 0 Å². The first-order valence-corrected chi connectivity index (χ1v) is 8.22. The minimum atomic E-state index is 0.363. The van der Waals surface area contributed by atoms with Gasteiger partial charge in [-0.1, -0.05) is 88.4 Å². The molecule has 0 amide bonds. The van der Waals surface area contributed by atoms with E-state index < -0.39 is 0 Å². The van der Waals surface area contributed by atoms with Gasteiger partial charge in [-0.15, -0.1) is 0 Å². The van der Waals surface area contributed by atoms with Gasteiger partial charge >= 0.3 is 0 Å². The molecule has 0 aliphatic carbocycles. The van der Waals surface area contributed by atoms with Crippen LogP contribution in [0.4, 0.5) is 0 Å². The fourth-order valence-electron chi connectivity index (χ4n) is 1.85. The molecular weight excluding hydrogens is 381 g/mol. The third-order valence-electron chi connectivity index (χ3n) is 2.93. The maximum atomic E-state index is 6.05. The minimum absolute atomic E-state index is 0.363. The molecule has 114 valence electrons. The predicted octanol–water partition coefficient (Wildman–Crippen LogP) is 7.99. The number of aryl methyl sites for hydroxylation is 1. The quantitative estimate of drug-likeness (QED) is 0.367. The largest absolute Gasteiger partial charge is 0.0827 e. The van der Waals surface area contributed by atoms with E-state index in [4.69, 9.17) is 58.0 Å². The zero-order chi connectivity index (χ0) is 16.3. The summed E-state index contributed by atoms with van der Waals surface area (Å²) in [5.74, 6) is 0. The van der Waals surface area contributed by atoms with Crippen molar-refractivity contribution >= 4 is 70.2 Å². The Kier molecular flexibility index (Phi) is 6.26. The molecule has 2 aromatic carbocycles. The summed E-state index contributed by atoms with van der Waals surface area (Å²) >= 11 is 30.0. The van der Waals surface area contributed by atoms with Crippen LogP contribution in [-0.2, 0) is 0 Å². The molecule has 0 unspecified atom stereocenters. The highest BCUT2D eigenvalue weighted by molar-refractivity contribution is 6.48. The lowest BCUT2D eigenvalue weighted by Gasteiger charge is -2.02. The van der Waals surface area contributed by atoms with E-state index in [9.17, 15) is 0 Å². The first-order chi connectivity index (χ1) is 10.4. The average molecular weight is 393 g/mol. The lowest BCUT2D eigenvalue weighted by atomic mass is 10.1. The van der Waals surface area contributed by atoms with Gasteiger partial charge in [0.2, 0.25) is 0 Å². The van der Waals surface area contributed by atoms with Crippen LogP contribution in [0.25, 0.3) is 12.2 Å². The van der Waals surface area contributed by atoms with E-state index in [1.54, 1.807) is 12.1 Å². The Morgan fingerprint density at radius 3 is 1.50 bits per heavy atom. The Hall–Kier alpha value is -0.630. The van der Waals surface area contributed by atoms with Gasteiger partial charge in [0.15, 0.2) is 0 Å². The molecule has 2 aromatic rings. The highest BCUT2D eigenvalue weighted by Gasteiger charge is 2.04. The molecule has 0 heterocycles. The Bertz CT molecular complexity index is 648. The zero-order valence-electron chi connectivity index (χ0n) is 11.5. The van der Waals surface area contributed by atoms with Gasteiger partial charge in [0.05, 0.1) is 25.1 Å². The van der Waals surface area contributed by atoms with Crippen LogP contribution in [0.15, 0.2) is 36.4 Å². The van der Waals surface area contributed by atoms with Crippen LogP contribution in [-0.4, -0.2) is 0 Å². The normalized spacial score (nSPS) is 11.7. The van der Waals surface area contributed by atoms with Crippen LogP contribution in [0, 0.1) is 6.92 Å². The van der Waals surface area contributed by atoms with Crippen molar-refractivity contribution in [2.24, 2.45) is 0 Å². The lowest BCUT2D eigenvalue weighted by Crippen LogP contribution is -1.80. The number of allylic oxidation sites excluding steroid dienone is 2. The summed E-state index contributed by atoms with van der Waals surface area (Å²) < 4.78 is 0. The summed E-state index contributed by atoms with van der Waals surface area (Å²) in [6, 6.07) is 7.29. The van der Waals surface area contributed by atoms with Gasteiger partial charge in [-0.3, -0.25) is 0 Å². The third-order valence-corrected chi connectivity index (χ3v) is 5.02. The van der Waals surface area contributed by atoms with Crippen molar-refractivity contribution in [3.05, 3.63) is 78.2 Å². The topological polar surface area (TPSA) is 0 Å². The molecule has 0 aromatic heterocycles. The maximum absolute atomic E-state index is 6.05. The number of hydrogen-bond acceptors (Lipinski definition) is 0. The molecule has 0 aliphatic heterocycles. The molecule has 22 heavy (non-hydrogen) atoms. The highest BCUT2D eigenvalue weighted by atomic mass is 35.5. The second kappa shape index (κ2) is 7.77. The molecule has 2 rings (SSSR count). The lowest BCUT2D eigenvalue weighted by molar-refractivity contribution is 1.46. The van der Waals surface area contributed by atoms with Crippen LogP contribution in [0.5, 0.6) is 0 Å². The van der Waals surface area contributed by atoms with Crippen LogP contribution in [0.2, 0.25) is 25.1 Å².